The summed E-state index contributed by atoms with van der Waals surface area (Å²) >= 11 is 1.46. The Kier molecular flexibility index (Phi) is 14.0. The van der Waals surface area contributed by atoms with Crippen LogP contribution in [-0.2, 0) is 35.3 Å². The van der Waals surface area contributed by atoms with Gasteiger partial charge in [0.05, 0.1) is 24.3 Å². The van der Waals surface area contributed by atoms with Crippen LogP contribution in [0.3, 0.4) is 0 Å². The van der Waals surface area contributed by atoms with Crippen LogP contribution in [0, 0.1) is 5.92 Å². The van der Waals surface area contributed by atoms with Crippen LogP contribution in [0.4, 0.5) is 10.7 Å². The van der Waals surface area contributed by atoms with E-state index in [9.17, 15) is 19.2 Å². The lowest BCUT2D eigenvalue weighted by Crippen LogP contribution is -2.41. The summed E-state index contributed by atoms with van der Waals surface area (Å²) in [6.07, 6.45) is 5.37. The Labute approximate surface area is 344 Å². The number of fused-ring (bicyclic) bond motifs is 1. The third-order valence-corrected chi connectivity index (χ3v) is 12.5. The van der Waals surface area contributed by atoms with Gasteiger partial charge in [-0.3, -0.25) is 24.2 Å². The zero-order valence-electron chi connectivity index (χ0n) is 33.2. The van der Waals surface area contributed by atoms with Crippen LogP contribution in [-0.4, -0.2) is 116 Å². The molecule has 7 rings (SSSR count). The lowest BCUT2D eigenvalue weighted by molar-refractivity contribution is 0.0338. The van der Waals surface area contributed by atoms with E-state index >= 15 is 0 Å². The molecule has 3 aromatic carbocycles. The zero-order chi connectivity index (χ0) is 40.4. The number of aryl methyl sites for hydroxylation is 2. The van der Waals surface area contributed by atoms with Gasteiger partial charge in [-0.05, 0) is 104 Å². The molecule has 4 aromatic rings. The predicted octanol–water partition coefficient (Wildman–Crippen LogP) is 6.32. The molecule has 3 N–H and O–H groups in total. The number of benzene rings is 3. The number of carbonyl (C=O) groups excluding carboxylic acids is 3. The quantitative estimate of drug-likeness (QED) is 0.126. The van der Waals surface area contributed by atoms with Crippen LogP contribution in [0.15, 0.2) is 72.8 Å². The molecular weight excluding hydrogens is 755 g/mol. The molecule has 13 heteroatoms. The maximum Gasteiger partial charge on any atom is 0.335 e. The molecule has 58 heavy (non-hydrogen) atoms. The minimum Gasteiger partial charge on any atom is -0.478 e. The maximum atomic E-state index is 14.2. The van der Waals surface area contributed by atoms with Crippen molar-refractivity contribution in [3.8, 4) is 0 Å². The molecule has 0 unspecified atom stereocenters. The predicted molar refractivity (Wildman–Crippen MR) is 225 cm³/mol. The molecule has 0 aliphatic carbocycles. The summed E-state index contributed by atoms with van der Waals surface area (Å²) in [6.45, 7) is 8.54. The minimum absolute atomic E-state index is 0.155. The number of amides is 3. The lowest BCUT2D eigenvalue weighted by Gasteiger charge is -2.32. The van der Waals surface area contributed by atoms with Gasteiger partial charge >= 0.3 is 5.97 Å². The third-order valence-electron chi connectivity index (χ3n) is 11.4. The van der Waals surface area contributed by atoms with Crippen molar-refractivity contribution in [3.63, 3.8) is 0 Å². The maximum absolute atomic E-state index is 14.2. The number of anilines is 2. The number of nitrogens with one attached hydrogen (secondary N) is 2. The molecule has 12 nitrogen and oxygen atoms in total. The largest absolute Gasteiger partial charge is 0.478 e. The SMILES string of the molecule is CN(CCN1CCOCC1)C(=O)c1cccc(C(=O)Nc2sc3c(c2C(=O)Nc2ccc(CCCc4ccc(C(=O)O)cc4)cc2)CCN(CC2CCOCC2)C3)c1. The third kappa shape index (κ3) is 10.8. The van der Waals surface area contributed by atoms with Gasteiger partial charge in [-0.25, -0.2) is 4.79 Å². The number of thiophene rings is 1. The highest BCUT2D eigenvalue weighted by Gasteiger charge is 2.30. The summed E-state index contributed by atoms with van der Waals surface area (Å²) in [4.78, 5) is 60.1. The van der Waals surface area contributed by atoms with Crippen LogP contribution < -0.4 is 10.6 Å². The highest BCUT2D eigenvalue weighted by atomic mass is 32.1. The van der Waals surface area contributed by atoms with Crippen molar-refractivity contribution in [2.45, 2.75) is 45.1 Å². The van der Waals surface area contributed by atoms with E-state index in [0.29, 0.717) is 66.0 Å². The summed E-state index contributed by atoms with van der Waals surface area (Å²) in [5, 5.41) is 15.8. The molecular formula is C45H53N5O7S. The first-order valence-electron chi connectivity index (χ1n) is 20.3. The number of carboxylic acid groups (broad SMARTS) is 1. The number of carboxylic acids is 1. The van der Waals surface area contributed by atoms with E-state index in [-0.39, 0.29) is 23.3 Å². The number of carbonyl (C=O) groups is 4. The van der Waals surface area contributed by atoms with Crippen molar-refractivity contribution in [1.82, 2.24) is 14.7 Å². The molecule has 3 amide bonds. The number of hydrogen-bond donors (Lipinski definition) is 3. The molecule has 0 spiro atoms. The Morgan fingerprint density at radius 3 is 2.17 bits per heavy atom. The molecule has 0 bridgehead atoms. The molecule has 2 fully saturated rings. The number of rotatable bonds is 15. The van der Waals surface area contributed by atoms with Gasteiger partial charge in [0.15, 0.2) is 0 Å². The summed E-state index contributed by atoms with van der Waals surface area (Å²) < 4.78 is 11.0. The van der Waals surface area contributed by atoms with Gasteiger partial charge in [0.25, 0.3) is 17.7 Å². The minimum atomic E-state index is -0.930. The second-order valence-electron chi connectivity index (χ2n) is 15.5. The number of ether oxygens (including phenoxy) is 2. The van der Waals surface area contributed by atoms with Crippen LogP contribution in [0.1, 0.15) is 82.3 Å². The van der Waals surface area contributed by atoms with Crippen LogP contribution in [0.25, 0.3) is 0 Å². The van der Waals surface area contributed by atoms with Gasteiger partial charge in [0.2, 0.25) is 0 Å². The number of nitrogens with zero attached hydrogens (tertiary/aromatic N) is 3. The fourth-order valence-electron chi connectivity index (χ4n) is 7.90. The van der Waals surface area contributed by atoms with E-state index in [1.165, 1.54) is 11.3 Å². The first-order chi connectivity index (χ1) is 28.2. The van der Waals surface area contributed by atoms with E-state index in [1.807, 2.05) is 36.4 Å². The van der Waals surface area contributed by atoms with E-state index in [2.05, 4.69) is 20.4 Å². The van der Waals surface area contributed by atoms with Crippen molar-refractivity contribution in [2.24, 2.45) is 5.92 Å². The van der Waals surface area contributed by atoms with Gasteiger partial charge in [0, 0.05) is 87.8 Å². The molecule has 0 radical (unpaired) electrons. The van der Waals surface area contributed by atoms with Crippen molar-refractivity contribution in [1.29, 1.82) is 0 Å². The number of morpholine rings is 1. The lowest BCUT2D eigenvalue weighted by atomic mass is 9.97. The highest BCUT2D eigenvalue weighted by molar-refractivity contribution is 7.17. The Morgan fingerprint density at radius 1 is 0.793 bits per heavy atom. The van der Waals surface area contributed by atoms with Gasteiger partial charge in [-0.15, -0.1) is 11.3 Å². The van der Waals surface area contributed by atoms with E-state index in [1.54, 1.807) is 48.3 Å². The molecule has 2 saturated heterocycles. The number of aromatic carboxylic acids is 1. The highest BCUT2D eigenvalue weighted by Crippen LogP contribution is 2.38. The van der Waals surface area contributed by atoms with Crippen LogP contribution >= 0.6 is 11.3 Å². The van der Waals surface area contributed by atoms with E-state index < -0.39 is 5.97 Å². The second-order valence-corrected chi connectivity index (χ2v) is 16.6. The summed E-state index contributed by atoms with van der Waals surface area (Å²) in [7, 11) is 1.78. The average molecular weight is 808 g/mol. The first kappa shape index (κ1) is 41.2. The van der Waals surface area contributed by atoms with Crippen LogP contribution in [0.2, 0.25) is 0 Å². The van der Waals surface area contributed by atoms with Crippen LogP contribution in [0.5, 0.6) is 0 Å². The van der Waals surface area contributed by atoms with Gasteiger partial charge in [0.1, 0.15) is 5.00 Å². The Hall–Kier alpha value is -4.92. The fraction of sp³-hybridized carbons (Fsp3) is 0.422. The molecule has 1 aromatic heterocycles. The molecule has 4 heterocycles. The Morgan fingerprint density at radius 2 is 1.47 bits per heavy atom. The van der Waals surface area contributed by atoms with E-state index in [4.69, 9.17) is 14.6 Å². The smallest absolute Gasteiger partial charge is 0.335 e. The number of hydrogen-bond acceptors (Lipinski definition) is 9. The zero-order valence-corrected chi connectivity index (χ0v) is 34.0. The molecule has 3 aliphatic rings. The summed E-state index contributed by atoms with van der Waals surface area (Å²) in [5.74, 6) is -1.15. The molecule has 0 atom stereocenters. The van der Waals surface area contributed by atoms with Crippen molar-refractivity contribution >= 4 is 45.7 Å². The standard InChI is InChI=1S/C45H53N5O7S/c1-48(20-21-49-22-26-57-27-23-49)44(53)36-7-3-6-35(28-36)41(51)47-43-40(38-16-19-50(30-39(38)58-43)29-33-17-24-56-25-18-33)42(52)46-37-14-10-32(11-15-37)5-2-4-31-8-12-34(13-9-31)45(54)55/h3,6-15,28,33H,2,4-5,16-27,29-30H2,1H3,(H,46,52)(H,47,51)(H,54,55). The van der Waals surface area contributed by atoms with Crippen molar-refractivity contribution in [2.75, 3.05) is 83.4 Å². The fourth-order valence-corrected chi connectivity index (χ4v) is 9.18. The molecule has 0 saturated carbocycles. The Balaban J connectivity index is 1.03. The van der Waals surface area contributed by atoms with Gasteiger partial charge in [-0.2, -0.15) is 0 Å². The van der Waals surface area contributed by atoms with Crippen molar-refractivity contribution in [3.05, 3.63) is 117 Å². The topological polar surface area (TPSA) is 141 Å². The monoisotopic (exact) mass is 807 g/mol. The molecule has 3 aliphatic heterocycles. The Bertz CT molecular complexity index is 2060. The van der Waals surface area contributed by atoms with Crippen molar-refractivity contribution < 1.29 is 33.8 Å². The van der Waals surface area contributed by atoms with E-state index in [0.717, 1.165) is 99.6 Å². The molecule has 306 valence electrons. The second kappa shape index (κ2) is 19.7. The van der Waals surface area contributed by atoms with Gasteiger partial charge < -0.3 is 30.1 Å². The summed E-state index contributed by atoms with van der Waals surface area (Å²) in [6, 6.07) is 21.6. The summed E-state index contributed by atoms with van der Waals surface area (Å²) in [5.41, 5.74) is 5.41. The number of likely N-dealkylation sites (N-methyl/N-ethyl adjacent to an activating group) is 1. The van der Waals surface area contributed by atoms with Gasteiger partial charge in [-0.1, -0.05) is 30.3 Å². The normalized spacial score (nSPS) is 16.4. The first-order valence-corrected chi connectivity index (χ1v) is 21.2. The average Bonchev–Trinajstić information content (AvgIpc) is 3.61.